The molecule has 0 aliphatic rings. The Labute approximate surface area is 124 Å². The van der Waals surface area contributed by atoms with Crippen LogP contribution in [0.3, 0.4) is 0 Å². The van der Waals surface area contributed by atoms with Crippen LogP contribution < -0.4 is 10.6 Å². The molecule has 1 heterocycles. The number of nitrogens with one attached hydrogen (secondary N) is 2. The number of carbonyl (C=O) groups excluding carboxylic acids is 1. The predicted molar refractivity (Wildman–Crippen MR) is 80.9 cm³/mol. The number of carbonyl (C=O) groups is 1. The quantitative estimate of drug-likeness (QED) is 0.894. The molecular weight excluding hydrogens is 330 g/mol. The van der Waals surface area contributed by atoms with Crippen LogP contribution in [0.1, 0.15) is 10.4 Å². The van der Waals surface area contributed by atoms with Gasteiger partial charge in [0.1, 0.15) is 5.82 Å². The normalized spacial score (nSPS) is 10.1. The fraction of sp³-hybridized carbons (Fsp3) is 0.0769. The van der Waals surface area contributed by atoms with Crippen molar-refractivity contribution in [3.8, 4) is 0 Å². The van der Waals surface area contributed by atoms with Gasteiger partial charge >= 0.3 is 0 Å². The fourth-order valence-corrected chi connectivity index (χ4v) is 1.95. The summed E-state index contributed by atoms with van der Waals surface area (Å²) in [7, 11) is 1.77. The van der Waals surface area contributed by atoms with Crippen molar-refractivity contribution in [2.75, 3.05) is 17.7 Å². The molecule has 2 N–H and O–H groups in total. The summed E-state index contributed by atoms with van der Waals surface area (Å²) in [5, 5.41) is 6.26. The zero-order valence-electron chi connectivity index (χ0n) is 10.1. The van der Waals surface area contributed by atoms with Gasteiger partial charge in [0, 0.05) is 23.4 Å². The van der Waals surface area contributed by atoms with E-state index in [1.54, 1.807) is 37.4 Å². The largest absolute Gasteiger partial charge is 0.373 e. The molecule has 4 nitrogen and oxygen atoms in total. The maximum absolute atomic E-state index is 12.0. The molecule has 98 valence electrons. The lowest BCUT2D eigenvalue weighted by Gasteiger charge is -2.07. The fourth-order valence-electron chi connectivity index (χ4n) is 1.45. The average Bonchev–Trinajstić information content (AvgIpc) is 2.43. The zero-order valence-corrected chi connectivity index (χ0v) is 12.4. The minimum absolute atomic E-state index is 0.218. The lowest BCUT2D eigenvalue weighted by molar-refractivity contribution is 0.102. The number of rotatable bonds is 3. The van der Waals surface area contributed by atoms with Gasteiger partial charge in [0.05, 0.1) is 10.6 Å². The first kappa shape index (κ1) is 13.8. The van der Waals surface area contributed by atoms with Crippen LogP contribution in [-0.2, 0) is 0 Å². The Hall–Kier alpha value is -1.59. The van der Waals surface area contributed by atoms with Crippen LogP contribution >= 0.6 is 27.5 Å². The van der Waals surface area contributed by atoms with E-state index in [1.165, 1.54) is 6.20 Å². The highest BCUT2D eigenvalue weighted by Crippen LogP contribution is 2.25. The monoisotopic (exact) mass is 339 g/mol. The van der Waals surface area contributed by atoms with Crippen LogP contribution in [0.5, 0.6) is 0 Å². The van der Waals surface area contributed by atoms with Crippen molar-refractivity contribution >= 4 is 44.9 Å². The van der Waals surface area contributed by atoms with Gasteiger partial charge in [-0.25, -0.2) is 4.98 Å². The standard InChI is InChI=1S/C13H11BrClN3O/c1-16-12-5-2-8(7-17-12)13(19)18-9-3-4-11(15)10(14)6-9/h2-7H,1H3,(H,16,17)(H,18,19). The van der Waals surface area contributed by atoms with E-state index in [0.717, 1.165) is 4.47 Å². The molecule has 0 saturated heterocycles. The Morgan fingerprint density at radius 2 is 2.11 bits per heavy atom. The first-order valence-corrected chi connectivity index (χ1v) is 6.67. The predicted octanol–water partition coefficient (Wildman–Crippen LogP) is 3.79. The van der Waals surface area contributed by atoms with E-state index in [9.17, 15) is 4.79 Å². The smallest absolute Gasteiger partial charge is 0.257 e. The summed E-state index contributed by atoms with van der Waals surface area (Å²) in [5.74, 6) is 0.496. The van der Waals surface area contributed by atoms with Gasteiger partial charge < -0.3 is 10.6 Å². The third kappa shape index (κ3) is 3.45. The molecule has 6 heteroatoms. The van der Waals surface area contributed by atoms with Crippen molar-refractivity contribution in [2.24, 2.45) is 0 Å². The first-order chi connectivity index (χ1) is 9.10. The van der Waals surface area contributed by atoms with Crippen LogP contribution in [0.25, 0.3) is 0 Å². The Morgan fingerprint density at radius 3 is 2.68 bits per heavy atom. The van der Waals surface area contributed by atoms with Crippen molar-refractivity contribution in [2.45, 2.75) is 0 Å². The SMILES string of the molecule is CNc1ccc(C(=O)Nc2ccc(Cl)c(Br)c2)cn1. The Balaban J connectivity index is 2.13. The molecule has 2 aromatic rings. The number of pyridine rings is 1. The summed E-state index contributed by atoms with van der Waals surface area (Å²) in [6.07, 6.45) is 1.52. The summed E-state index contributed by atoms with van der Waals surface area (Å²) >= 11 is 9.20. The Bertz CT molecular complexity index is 601. The zero-order chi connectivity index (χ0) is 13.8. The molecule has 0 saturated carbocycles. The third-order valence-electron chi connectivity index (χ3n) is 2.46. The molecule has 0 radical (unpaired) electrons. The van der Waals surface area contributed by atoms with Gasteiger partial charge in [0.25, 0.3) is 5.91 Å². The number of amides is 1. The Kier molecular flexibility index (Phi) is 4.39. The first-order valence-electron chi connectivity index (χ1n) is 5.50. The molecule has 0 aliphatic carbocycles. The molecule has 1 aromatic carbocycles. The van der Waals surface area contributed by atoms with Gasteiger partial charge in [-0.3, -0.25) is 4.79 Å². The average molecular weight is 341 g/mol. The number of aromatic nitrogens is 1. The third-order valence-corrected chi connectivity index (χ3v) is 3.67. The van der Waals surface area contributed by atoms with E-state index in [0.29, 0.717) is 22.1 Å². The summed E-state index contributed by atoms with van der Waals surface area (Å²) in [4.78, 5) is 16.1. The van der Waals surface area contributed by atoms with Crippen molar-refractivity contribution in [3.63, 3.8) is 0 Å². The Morgan fingerprint density at radius 1 is 1.32 bits per heavy atom. The molecular formula is C13H11BrClN3O. The van der Waals surface area contributed by atoms with Gasteiger partial charge in [-0.15, -0.1) is 0 Å². The summed E-state index contributed by atoms with van der Waals surface area (Å²) in [6.45, 7) is 0. The van der Waals surface area contributed by atoms with E-state index in [4.69, 9.17) is 11.6 Å². The second-order valence-electron chi connectivity index (χ2n) is 3.77. The maximum Gasteiger partial charge on any atom is 0.257 e. The molecule has 0 bridgehead atoms. The summed E-state index contributed by atoms with van der Waals surface area (Å²) in [5.41, 5.74) is 1.16. The molecule has 0 unspecified atom stereocenters. The molecule has 0 fully saturated rings. The number of hydrogen-bond donors (Lipinski definition) is 2. The number of nitrogens with zero attached hydrogens (tertiary/aromatic N) is 1. The van der Waals surface area contributed by atoms with Gasteiger partial charge in [-0.05, 0) is 46.3 Å². The van der Waals surface area contributed by atoms with Crippen LogP contribution in [0.15, 0.2) is 41.0 Å². The van der Waals surface area contributed by atoms with Gasteiger partial charge in [0.15, 0.2) is 0 Å². The van der Waals surface area contributed by atoms with E-state index in [2.05, 4.69) is 31.5 Å². The highest BCUT2D eigenvalue weighted by atomic mass is 79.9. The van der Waals surface area contributed by atoms with Crippen LogP contribution in [0.2, 0.25) is 5.02 Å². The molecule has 19 heavy (non-hydrogen) atoms. The van der Waals surface area contributed by atoms with Gasteiger partial charge in [-0.2, -0.15) is 0 Å². The second kappa shape index (κ2) is 6.04. The molecule has 2 rings (SSSR count). The number of anilines is 2. The molecule has 0 atom stereocenters. The maximum atomic E-state index is 12.0. The lowest BCUT2D eigenvalue weighted by Crippen LogP contribution is -2.12. The van der Waals surface area contributed by atoms with Crippen LogP contribution in [-0.4, -0.2) is 17.9 Å². The second-order valence-corrected chi connectivity index (χ2v) is 5.03. The molecule has 0 spiro atoms. The minimum atomic E-state index is -0.218. The summed E-state index contributed by atoms with van der Waals surface area (Å²) < 4.78 is 0.732. The molecule has 1 amide bonds. The van der Waals surface area contributed by atoms with Crippen molar-refractivity contribution in [1.29, 1.82) is 0 Å². The van der Waals surface area contributed by atoms with E-state index < -0.39 is 0 Å². The summed E-state index contributed by atoms with van der Waals surface area (Å²) in [6, 6.07) is 8.64. The highest BCUT2D eigenvalue weighted by Gasteiger charge is 2.07. The van der Waals surface area contributed by atoms with Gasteiger partial charge in [0.2, 0.25) is 0 Å². The van der Waals surface area contributed by atoms with Crippen LogP contribution in [0, 0.1) is 0 Å². The number of halogens is 2. The van der Waals surface area contributed by atoms with E-state index >= 15 is 0 Å². The number of benzene rings is 1. The highest BCUT2D eigenvalue weighted by molar-refractivity contribution is 9.10. The van der Waals surface area contributed by atoms with Gasteiger partial charge in [-0.1, -0.05) is 11.6 Å². The topological polar surface area (TPSA) is 54.0 Å². The van der Waals surface area contributed by atoms with Crippen molar-refractivity contribution < 1.29 is 4.79 Å². The minimum Gasteiger partial charge on any atom is -0.373 e. The van der Waals surface area contributed by atoms with E-state index in [1.807, 2.05) is 0 Å². The van der Waals surface area contributed by atoms with E-state index in [-0.39, 0.29) is 5.91 Å². The van der Waals surface area contributed by atoms with Crippen molar-refractivity contribution in [1.82, 2.24) is 4.98 Å². The van der Waals surface area contributed by atoms with Crippen molar-refractivity contribution in [3.05, 3.63) is 51.6 Å². The number of hydrogen-bond acceptors (Lipinski definition) is 3. The molecule has 0 aliphatic heterocycles. The molecule has 1 aromatic heterocycles. The van der Waals surface area contributed by atoms with Crippen LogP contribution in [0.4, 0.5) is 11.5 Å². The lowest BCUT2D eigenvalue weighted by atomic mass is 10.2.